The Hall–Kier alpha value is -8.53. The highest BCUT2D eigenvalue weighted by atomic mass is 15.1. The van der Waals surface area contributed by atoms with Crippen LogP contribution in [0.1, 0.15) is 0 Å². The second-order valence-electron chi connectivity index (χ2n) is 16.1. The van der Waals surface area contributed by atoms with Crippen molar-refractivity contribution in [2.45, 2.75) is 0 Å². The van der Waals surface area contributed by atoms with Crippen LogP contribution in [0.3, 0.4) is 0 Å². The van der Waals surface area contributed by atoms with Gasteiger partial charge in [0.15, 0.2) is 0 Å². The highest BCUT2D eigenvalue weighted by molar-refractivity contribution is 5.89. The highest BCUT2D eigenvalue weighted by Gasteiger charge is 2.18. The molecule has 64 heavy (non-hydrogen) atoms. The van der Waals surface area contributed by atoms with Crippen molar-refractivity contribution in [3.05, 3.63) is 261 Å². The number of imidazole rings is 1. The molecule has 1 aromatic heterocycles. The van der Waals surface area contributed by atoms with Crippen LogP contribution in [0, 0.1) is 0 Å². The summed E-state index contributed by atoms with van der Waals surface area (Å²) >= 11 is 0. The molecule has 0 aliphatic rings. The third-order valence-electron chi connectivity index (χ3n) is 12.0. The number of rotatable bonds is 10. The van der Waals surface area contributed by atoms with Crippen LogP contribution in [0.25, 0.3) is 83.7 Å². The normalized spacial score (nSPS) is 11.1. The average Bonchev–Trinajstić information content (AvgIpc) is 3.77. The van der Waals surface area contributed by atoms with Gasteiger partial charge >= 0.3 is 0 Å². The van der Waals surface area contributed by atoms with Gasteiger partial charge in [0.2, 0.25) is 0 Å². The minimum atomic E-state index is 0.928. The predicted molar refractivity (Wildman–Crippen MR) is 268 cm³/mol. The smallest absolute Gasteiger partial charge is 0.145 e. The zero-order valence-electron chi connectivity index (χ0n) is 35.2. The van der Waals surface area contributed by atoms with E-state index >= 15 is 0 Å². The van der Waals surface area contributed by atoms with Gasteiger partial charge in [-0.25, -0.2) is 4.98 Å². The van der Waals surface area contributed by atoms with Gasteiger partial charge in [-0.1, -0.05) is 188 Å². The molecule has 0 bridgehead atoms. The lowest BCUT2D eigenvalue weighted by molar-refractivity contribution is 1.10. The van der Waals surface area contributed by atoms with E-state index in [1.54, 1.807) is 0 Å². The molecule has 0 spiro atoms. The molecule has 0 saturated carbocycles. The molecule has 0 aliphatic heterocycles. The molecule has 0 amide bonds. The van der Waals surface area contributed by atoms with Gasteiger partial charge in [0.1, 0.15) is 5.82 Å². The Balaban J connectivity index is 0.977. The summed E-state index contributed by atoms with van der Waals surface area (Å²) in [5.74, 6) is 0.928. The summed E-state index contributed by atoms with van der Waals surface area (Å²) < 4.78 is 2.26. The lowest BCUT2D eigenvalue weighted by atomic mass is 9.96. The van der Waals surface area contributed by atoms with Gasteiger partial charge in [-0.3, -0.25) is 4.57 Å². The summed E-state index contributed by atoms with van der Waals surface area (Å²) in [5, 5.41) is 0. The number of para-hydroxylation sites is 1. The van der Waals surface area contributed by atoms with Crippen molar-refractivity contribution in [2.75, 3.05) is 4.90 Å². The molecule has 3 heteroatoms. The highest BCUT2D eigenvalue weighted by Crippen LogP contribution is 2.41. The molecule has 0 fully saturated rings. The summed E-state index contributed by atoms with van der Waals surface area (Å²) in [5.41, 5.74) is 19.1. The van der Waals surface area contributed by atoms with Gasteiger partial charge < -0.3 is 4.90 Å². The number of anilines is 3. The third-order valence-corrected chi connectivity index (χ3v) is 12.0. The largest absolute Gasteiger partial charge is 0.310 e. The molecule has 10 aromatic carbocycles. The van der Waals surface area contributed by atoms with E-state index in [9.17, 15) is 0 Å². The van der Waals surface area contributed by atoms with Gasteiger partial charge in [0.25, 0.3) is 0 Å². The van der Waals surface area contributed by atoms with Crippen molar-refractivity contribution < 1.29 is 0 Å². The van der Waals surface area contributed by atoms with E-state index in [1.807, 2.05) is 6.07 Å². The maximum Gasteiger partial charge on any atom is 0.145 e. The second-order valence-corrected chi connectivity index (χ2v) is 16.1. The van der Waals surface area contributed by atoms with Crippen molar-refractivity contribution in [3.8, 4) is 72.7 Å². The standard InChI is InChI=1S/C61H43N3/c1-6-17-44(18-7-1)47-29-34-56(35-30-47)63(58-41-53(45-19-8-2-9-20-45)40-54(42-58)46-21-10-3-11-22-46)57-36-31-48(32-37-57)50-25-16-26-51(39-50)52-33-38-60-59(43-52)62-61(49-23-12-4-13-24-49)64(60)55-27-14-5-15-28-55/h1-43H. The van der Waals surface area contributed by atoms with Crippen molar-refractivity contribution in [1.82, 2.24) is 9.55 Å². The summed E-state index contributed by atoms with van der Waals surface area (Å²) in [7, 11) is 0. The number of hydrogen-bond acceptors (Lipinski definition) is 2. The summed E-state index contributed by atoms with van der Waals surface area (Å²) in [6, 6.07) is 93.1. The number of nitrogens with zero attached hydrogens (tertiary/aromatic N) is 3. The molecule has 0 saturated heterocycles. The van der Waals surface area contributed by atoms with Gasteiger partial charge in [-0.15, -0.1) is 0 Å². The Kier molecular flexibility index (Phi) is 10.3. The second kappa shape index (κ2) is 17.1. The molecule has 0 aliphatic carbocycles. The van der Waals surface area contributed by atoms with E-state index in [0.29, 0.717) is 0 Å². The monoisotopic (exact) mass is 817 g/mol. The van der Waals surface area contributed by atoms with Gasteiger partial charge in [-0.2, -0.15) is 0 Å². The lowest BCUT2D eigenvalue weighted by Crippen LogP contribution is -2.10. The van der Waals surface area contributed by atoms with Crippen molar-refractivity contribution in [1.29, 1.82) is 0 Å². The van der Waals surface area contributed by atoms with Crippen LogP contribution in [0.5, 0.6) is 0 Å². The van der Waals surface area contributed by atoms with E-state index < -0.39 is 0 Å². The average molecular weight is 818 g/mol. The molecule has 11 aromatic rings. The first-order valence-electron chi connectivity index (χ1n) is 21.8. The Morgan fingerprint density at radius 2 is 0.641 bits per heavy atom. The molecule has 0 unspecified atom stereocenters. The maximum absolute atomic E-state index is 5.23. The molecule has 0 atom stereocenters. The summed E-state index contributed by atoms with van der Waals surface area (Å²) in [6.45, 7) is 0. The Morgan fingerprint density at radius 3 is 1.17 bits per heavy atom. The number of hydrogen-bond donors (Lipinski definition) is 0. The van der Waals surface area contributed by atoms with Crippen LogP contribution in [0.4, 0.5) is 17.1 Å². The van der Waals surface area contributed by atoms with Crippen LogP contribution in [0.15, 0.2) is 261 Å². The molecule has 0 radical (unpaired) electrons. The number of fused-ring (bicyclic) bond motifs is 1. The van der Waals surface area contributed by atoms with Crippen molar-refractivity contribution >= 4 is 28.1 Å². The van der Waals surface area contributed by atoms with E-state index in [4.69, 9.17) is 4.98 Å². The first kappa shape index (κ1) is 38.4. The topological polar surface area (TPSA) is 21.1 Å². The van der Waals surface area contributed by atoms with Crippen molar-refractivity contribution in [2.24, 2.45) is 0 Å². The van der Waals surface area contributed by atoms with E-state index in [-0.39, 0.29) is 0 Å². The molecule has 0 N–H and O–H groups in total. The van der Waals surface area contributed by atoms with E-state index in [2.05, 4.69) is 264 Å². The predicted octanol–water partition coefficient (Wildman–Crippen LogP) is 16.5. The minimum absolute atomic E-state index is 0.928. The number of benzene rings is 10. The molecule has 302 valence electrons. The van der Waals surface area contributed by atoms with Crippen LogP contribution in [0.2, 0.25) is 0 Å². The molecule has 3 nitrogen and oxygen atoms in total. The maximum atomic E-state index is 5.23. The van der Waals surface area contributed by atoms with Crippen molar-refractivity contribution in [3.63, 3.8) is 0 Å². The van der Waals surface area contributed by atoms with Gasteiger partial charge in [-0.05, 0) is 128 Å². The van der Waals surface area contributed by atoms with Crippen LogP contribution in [-0.4, -0.2) is 9.55 Å². The Bertz CT molecular complexity index is 3270. The van der Waals surface area contributed by atoms with E-state index in [0.717, 1.165) is 78.6 Å². The van der Waals surface area contributed by atoms with Crippen LogP contribution in [-0.2, 0) is 0 Å². The zero-order chi connectivity index (χ0) is 42.7. The Morgan fingerprint density at radius 1 is 0.266 bits per heavy atom. The fourth-order valence-corrected chi connectivity index (χ4v) is 8.78. The zero-order valence-corrected chi connectivity index (χ0v) is 35.2. The quantitative estimate of drug-likeness (QED) is 0.137. The minimum Gasteiger partial charge on any atom is -0.310 e. The third kappa shape index (κ3) is 7.68. The van der Waals surface area contributed by atoms with Gasteiger partial charge in [0, 0.05) is 28.3 Å². The fraction of sp³-hybridized carbons (Fsp3) is 0. The van der Waals surface area contributed by atoms with E-state index in [1.165, 1.54) is 22.3 Å². The van der Waals surface area contributed by atoms with Crippen LogP contribution < -0.4 is 4.90 Å². The molecule has 1 heterocycles. The molecule has 11 rings (SSSR count). The fourth-order valence-electron chi connectivity index (χ4n) is 8.78. The molecular weight excluding hydrogens is 775 g/mol. The van der Waals surface area contributed by atoms with Gasteiger partial charge in [0.05, 0.1) is 11.0 Å². The van der Waals surface area contributed by atoms with Crippen LogP contribution >= 0.6 is 0 Å². The number of aromatic nitrogens is 2. The lowest BCUT2D eigenvalue weighted by Gasteiger charge is -2.27. The molecular formula is C61H43N3. The summed E-state index contributed by atoms with van der Waals surface area (Å²) in [4.78, 5) is 7.60. The summed E-state index contributed by atoms with van der Waals surface area (Å²) in [6.07, 6.45) is 0. The Labute approximate surface area is 374 Å². The SMILES string of the molecule is c1ccc(-c2ccc(N(c3ccc(-c4cccc(-c5ccc6c(c5)nc(-c5ccccc5)n6-c5ccccc5)c4)cc3)c3cc(-c4ccccc4)cc(-c4ccccc4)c3)cc2)cc1. The first-order chi connectivity index (χ1) is 31.7. The first-order valence-corrected chi connectivity index (χ1v) is 21.8.